The Hall–Kier alpha value is -2.67. The van der Waals surface area contributed by atoms with E-state index in [1.165, 1.54) is 27.7 Å². The number of carbonyl (C=O) groups is 1. The smallest absolute Gasteiger partial charge is 0.394 e. The molecule has 0 saturated carbocycles. The van der Waals surface area contributed by atoms with E-state index in [0.717, 1.165) is 21.7 Å². The number of thiazole rings is 1. The number of benzene rings is 2. The summed E-state index contributed by atoms with van der Waals surface area (Å²) in [5.74, 6) is -1.05. The molecule has 35 heavy (non-hydrogen) atoms. The molecule has 2 aromatic heterocycles. The van der Waals surface area contributed by atoms with Crippen molar-refractivity contribution in [3.05, 3.63) is 69.9 Å². The average Bonchev–Trinajstić information content (AvgIpc) is 3.26. The van der Waals surface area contributed by atoms with Gasteiger partial charge in [-0.25, -0.2) is 9.28 Å². The van der Waals surface area contributed by atoms with Crippen LogP contribution >= 0.6 is 34.7 Å². The van der Waals surface area contributed by atoms with Crippen LogP contribution in [-0.2, 0) is 21.5 Å². The van der Waals surface area contributed by atoms with Gasteiger partial charge in [-0.2, -0.15) is 8.42 Å². The molecule has 1 saturated heterocycles. The third-order valence-electron chi connectivity index (χ3n) is 6.17. The van der Waals surface area contributed by atoms with Crippen LogP contribution in [0.5, 0.6) is 0 Å². The molecule has 2 aliphatic heterocycles. The first kappa shape index (κ1) is 22.8. The van der Waals surface area contributed by atoms with Crippen LogP contribution < -0.4 is 9.05 Å². The number of carboxylic acid groups (broad SMARTS) is 1. The summed E-state index contributed by atoms with van der Waals surface area (Å²) in [6, 6.07) is 17.3. The van der Waals surface area contributed by atoms with E-state index in [1.807, 2.05) is 48.5 Å². The number of hydrogen-bond donors (Lipinski definition) is 2. The number of nitrogens with zero attached hydrogens (tertiary/aromatic N) is 2. The molecule has 178 valence electrons. The van der Waals surface area contributed by atoms with E-state index in [1.54, 1.807) is 12.1 Å². The maximum Gasteiger partial charge on any atom is 0.394 e. The minimum atomic E-state index is -4.33. The van der Waals surface area contributed by atoms with Crippen LogP contribution in [0.15, 0.2) is 68.9 Å². The molecule has 2 atom stereocenters. The van der Waals surface area contributed by atoms with Gasteiger partial charge in [-0.3, -0.25) is 4.55 Å². The van der Waals surface area contributed by atoms with Crippen molar-refractivity contribution in [2.24, 2.45) is 0 Å². The number of rotatable bonds is 5. The summed E-state index contributed by atoms with van der Waals surface area (Å²) in [4.78, 5) is 12.4. The Morgan fingerprint density at radius 1 is 1.20 bits per heavy atom. The minimum Gasteiger partial charge on any atom is -0.477 e. The van der Waals surface area contributed by atoms with Crippen molar-refractivity contribution < 1.29 is 31.9 Å². The lowest BCUT2D eigenvalue weighted by molar-refractivity contribution is -0.663. The Morgan fingerprint density at radius 2 is 1.97 bits per heavy atom. The van der Waals surface area contributed by atoms with Gasteiger partial charge in [0.2, 0.25) is 11.8 Å². The molecule has 4 heterocycles. The topological polar surface area (TPSA) is 109 Å². The molecular formula is C23H17ClN2O6S3+2. The predicted octanol–water partition coefficient (Wildman–Crippen LogP) is 4.83. The predicted molar refractivity (Wildman–Crippen MR) is 135 cm³/mol. The van der Waals surface area contributed by atoms with Gasteiger partial charge < -0.3 is 9.52 Å². The van der Waals surface area contributed by atoms with Crippen molar-refractivity contribution in [1.29, 1.82) is 0 Å². The summed E-state index contributed by atoms with van der Waals surface area (Å²) in [7, 11) is -4.33. The molecule has 2 aromatic carbocycles. The van der Waals surface area contributed by atoms with Crippen LogP contribution in [0.2, 0.25) is 5.22 Å². The van der Waals surface area contributed by atoms with Gasteiger partial charge in [0, 0.05) is 12.1 Å². The second-order valence-electron chi connectivity index (χ2n) is 8.29. The molecule has 2 unspecified atom stereocenters. The van der Waals surface area contributed by atoms with E-state index in [4.69, 9.17) is 16.0 Å². The number of quaternary nitrogens is 1. The minimum absolute atomic E-state index is 0.0351. The molecule has 0 aliphatic carbocycles. The summed E-state index contributed by atoms with van der Waals surface area (Å²) in [5, 5.41) is 9.83. The Labute approximate surface area is 213 Å². The lowest BCUT2D eigenvalue weighted by atomic mass is 10.0. The number of aliphatic carboxylic acids is 1. The van der Waals surface area contributed by atoms with Crippen molar-refractivity contribution in [3.8, 4) is 11.1 Å². The first-order valence-electron chi connectivity index (χ1n) is 10.4. The number of aromatic nitrogens is 1. The maximum absolute atomic E-state index is 12.3. The second-order valence-corrected chi connectivity index (χ2v) is 12.4. The fraction of sp³-hybridized carbons (Fsp3) is 0.130. The number of thioether (sulfide) groups is 1. The molecule has 12 heteroatoms. The molecule has 0 bridgehead atoms. The molecule has 1 spiro atoms. The molecule has 2 N–H and O–H groups in total. The monoisotopic (exact) mass is 548 g/mol. The molecule has 1 fully saturated rings. The highest BCUT2D eigenvalue weighted by Gasteiger charge is 2.70. The Kier molecular flexibility index (Phi) is 5.15. The number of carboxylic acids is 1. The highest BCUT2D eigenvalue weighted by atomic mass is 35.5. The summed E-state index contributed by atoms with van der Waals surface area (Å²) in [6.45, 7) is -0.157. The summed E-state index contributed by atoms with van der Waals surface area (Å²) in [6.07, 6.45) is 1.79. The van der Waals surface area contributed by atoms with Crippen LogP contribution in [0.1, 0.15) is 5.01 Å². The van der Waals surface area contributed by atoms with E-state index in [0.29, 0.717) is 20.5 Å². The van der Waals surface area contributed by atoms with Gasteiger partial charge in [-0.1, -0.05) is 47.7 Å². The highest BCUT2D eigenvalue weighted by molar-refractivity contribution is 8.03. The summed E-state index contributed by atoms with van der Waals surface area (Å²) < 4.78 is 42.2. The zero-order valence-corrected chi connectivity index (χ0v) is 21.0. The van der Waals surface area contributed by atoms with Gasteiger partial charge in [0.15, 0.2) is 22.0 Å². The van der Waals surface area contributed by atoms with Gasteiger partial charge in [0.05, 0.1) is 11.0 Å². The van der Waals surface area contributed by atoms with Crippen LogP contribution in [0.3, 0.4) is 0 Å². The van der Waals surface area contributed by atoms with Gasteiger partial charge >= 0.3 is 21.8 Å². The van der Waals surface area contributed by atoms with Crippen molar-refractivity contribution in [3.63, 3.8) is 0 Å². The first-order valence-corrected chi connectivity index (χ1v) is 14.0. The maximum atomic E-state index is 12.3. The SMILES string of the molecule is O=C(O)C[n+]1c(C=C2Sc3ccc(-c4ccccc4)cc3[N+]23CC3S(=O)(=O)O)sc2cc(Cl)oc21. The number of furan rings is 1. The lowest BCUT2D eigenvalue weighted by Crippen LogP contribution is -2.39. The van der Waals surface area contributed by atoms with E-state index in [2.05, 4.69) is 0 Å². The van der Waals surface area contributed by atoms with Gasteiger partial charge in [0.1, 0.15) is 0 Å². The largest absolute Gasteiger partial charge is 0.477 e. The van der Waals surface area contributed by atoms with Gasteiger partial charge in [-0.05, 0) is 40.6 Å². The van der Waals surface area contributed by atoms with Crippen molar-refractivity contribution in [2.75, 3.05) is 6.54 Å². The zero-order valence-electron chi connectivity index (χ0n) is 17.8. The molecule has 2 aliphatic rings. The van der Waals surface area contributed by atoms with Crippen molar-refractivity contribution in [2.45, 2.75) is 16.8 Å². The third kappa shape index (κ3) is 3.70. The third-order valence-corrected chi connectivity index (χ3v) is 9.83. The van der Waals surface area contributed by atoms with Gasteiger partial charge in [0.25, 0.3) is 10.4 Å². The van der Waals surface area contributed by atoms with E-state index < -0.39 is 21.5 Å². The van der Waals surface area contributed by atoms with Crippen LogP contribution in [-0.4, -0.2) is 36.0 Å². The fourth-order valence-electron chi connectivity index (χ4n) is 4.55. The van der Waals surface area contributed by atoms with E-state index in [9.17, 15) is 22.9 Å². The summed E-state index contributed by atoms with van der Waals surface area (Å²) in [5.41, 5.74) is 3.06. The fourth-order valence-corrected chi connectivity index (χ4v) is 8.43. The van der Waals surface area contributed by atoms with Crippen LogP contribution in [0.25, 0.3) is 27.6 Å². The van der Waals surface area contributed by atoms with Gasteiger partial charge in [-0.15, -0.1) is 4.57 Å². The van der Waals surface area contributed by atoms with Crippen molar-refractivity contribution in [1.82, 2.24) is 4.48 Å². The average molecular weight is 549 g/mol. The van der Waals surface area contributed by atoms with Crippen LogP contribution in [0.4, 0.5) is 5.69 Å². The second kappa shape index (κ2) is 7.92. The Balaban J connectivity index is 1.51. The number of halogens is 1. The first-order chi connectivity index (χ1) is 16.7. The highest BCUT2D eigenvalue weighted by Crippen LogP contribution is 2.61. The number of fused-ring (bicyclic) bond motifs is 3. The normalized spacial score (nSPS) is 22.2. The summed E-state index contributed by atoms with van der Waals surface area (Å²) >= 11 is 8.68. The Bertz CT molecular complexity index is 1660. The molecule has 0 radical (unpaired) electrons. The number of hydrogen-bond acceptors (Lipinski definition) is 6. The molecule has 8 nitrogen and oxygen atoms in total. The molecular weight excluding hydrogens is 532 g/mol. The Morgan fingerprint density at radius 3 is 2.66 bits per heavy atom. The quantitative estimate of drug-likeness (QED) is 0.159. The standard InChI is InChI=1S/C23H15ClN2O6S3/c24-18-9-17-23(32-18)25(11-22(27)28)19(33-17)10-20-26(12-21(26)35(29,30)31)15-8-14(6-7-16(15)34-20)13-4-2-1-3-5-13/h1-10,21H,11-12H2/p+2. The molecule has 6 rings (SSSR count). The van der Waals surface area contributed by atoms with E-state index in [-0.39, 0.29) is 22.8 Å². The zero-order chi connectivity index (χ0) is 24.5. The van der Waals surface area contributed by atoms with E-state index >= 15 is 0 Å². The molecule has 4 aromatic rings. The lowest BCUT2D eigenvalue weighted by Gasteiger charge is -2.14. The van der Waals surface area contributed by atoms with Crippen LogP contribution in [0, 0.1) is 0 Å². The molecule has 0 amide bonds. The van der Waals surface area contributed by atoms with Crippen molar-refractivity contribution >= 4 is 73.0 Å².